The Hall–Kier alpha value is -1.25. The molecule has 0 N–H and O–H groups in total. The van der Waals surface area contributed by atoms with Crippen molar-refractivity contribution in [2.75, 3.05) is 25.1 Å². The van der Waals surface area contributed by atoms with Gasteiger partial charge in [0.2, 0.25) is 0 Å². The second kappa shape index (κ2) is 3.64. The molecule has 0 atom stereocenters. The van der Waals surface area contributed by atoms with E-state index in [-0.39, 0.29) is 0 Å². The molecule has 2 rings (SSSR count). The highest BCUT2D eigenvalue weighted by atomic mass is 16.5. The van der Waals surface area contributed by atoms with Crippen molar-refractivity contribution in [1.82, 2.24) is 4.98 Å². The summed E-state index contributed by atoms with van der Waals surface area (Å²) in [5.74, 6) is 1.87. The van der Waals surface area contributed by atoms with Gasteiger partial charge >= 0.3 is 0 Å². The van der Waals surface area contributed by atoms with Crippen molar-refractivity contribution >= 4 is 5.82 Å². The number of methoxy groups -OCH3 is 1. The van der Waals surface area contributed by atoms with Gasteiger partial charge < -0.3 is 9.64 Å². The van der Waals surface area contributed by atoms with Crippen molar-refractivity contribution < 1.29 is 4.74 Å². The van der Waals surface area contributed by atoms with Crippen LogP contribution in [-0.4, -0.2) is 25.2 Å². The van der Waals surface area contributed by atoms with E-state index in [1.54, 1.807) is 7.11 Å². The number of rotatable bonds is 2. The van der Waals surface area contributed by atoms with Crippen molar-refractivity contribution in [3.63, 3.8) is 0 Å². The minimum absolute atomic E-state index is 0.879. The van der Waals surface area contributed by atoms with Crippen molar-refractivity contribution in [2.45, 2.75) is 12.8 Å². The van der Waals surface area contributed by atoms with E-state index in [0.717, 1.165) is 24.7 Å². The number of ether oxygens (including phenoxy) is 1. The average Bonchev–Trinajstić information content (AvgIpc) is 2.70. The first-order valence-electron chi connectivity index (χ1n) is 4.66. The molecule has 3 heteroatoms. The number of hydrogen-bond acceptors (Lipinski definition) is 3. The fraction of sp³-hybridized carbons (Fsp3) is 0.500. The summed E-state index contributed by atoms with van der Waals surface area (Å²) in [7, 11) is 1.69. The molecule has 70 valence electrons. The summed E-state index contributed by atoms with van der Waals surface area (Å²) in [4.78, 5) is 6.61. The van der Waals surface area contributed by atoms with Crippen molar-refractivity contribution in [2.24, 2.45) is 0 Å². The zero-order valence-electron chi connectivity index (χ0n) is 7.86. The van der Waals surface area contributed by atoms with Crippen molar-refractivity contribution in [1.29, 1.82) is 0 Å². The number of aromatic nitrogens is 1. The van der Waals surface area contributed by atoms with Gasteiger partial charge in [0.1, 0.15) is 0 Å². The van der Waals surface area contributed by atoms with Gasteiger partial charge in [-0.05, 0) is 25.0 Å². The molecule has 1 aromatic rings. The minimum atomic E-state index is 0.879. The fourth-order valence-corrected chi connectivity index (χ4v) is 1.71. The number of hydrogen-bond donors (Lipinski definition) is 0. The Morgan fingerprint density at radius 2 is 2.15 bits per heavy atom. The first-order valence-corrected chi connectivity index (χ1v) is 4.66. The highest BCUT2D eigenvalue weighted by Crippen LogP contribution is 2.27. The van der Waals surface area contributed by atoms with Crippen molar-refractivity contribution in [3.8, 4) is 5.75 Å². The molecule has 3 nitrogen and oxygen atoms in total. The summed E-state index contributed by atoms with van der Waals surface area (Å²) in [5.41, 5.74) is 0. The van der Waals surface area contributed by atoms with Gasteiger partial charge in [0.15, 0.2) is 11.6 Å². The van der Waals surface area contributed by atoms with Gasteiger partial charge in [-0.3, -0.25) is 0 Å². The summed E-state index contributed by atoms with van der Waals surface area (Å²) in [6, 6.07) is 3.86. The van der Waals surface area contributed by atoms with Gasteiger partial charge in [0.05, 0.1) is 7.11 Å². The first-order chi connectivity index (χ1) is 6.42. The zero-order valence-corrected chi connectivity index (χ0v) is 7.86. The second-order valence-corrected chi connectivity index (χ2v) is 3.22. The molecule has 1 aliphatic heterocycles. The number of pyridine rings is 1. The molecule has 1 aromatic heterocycles. The van der Waals surface area contributed by atoms with E-state index in [9.17, 15) is 0 Å². The van der Waals surface area contributed by atoms with Crippen LogP contribution in [0.1, 0.15) is 12.8 Å². The molecule has 2 heterocycles. The highest BCUT2D eigenvalue weighted by molar-refractivity contribution is 5.52. The van der Waals surface area contributed by atoms with Crippen LogP contribution in [0.5, 0.6) is 5.75 Å². The van der Waals surface area contributed by atoms with E-state index in [2.05, 4.69) is 9.88 Å². The lowest BCUT2D eigenvalue weighted by atomic mass is 10.4. The monoisotopic (exact) mass is 178 g/mol. The lowest BCUT2D eigenvalue weighted by Crippen LogP contribution is -2.19. The third-order valence-corrected chi connectivity index (χ3v) is 2.38. The Morgan fingerprint density at radius 3 is 2.85 bits per heavy atom. The predicted octanol–water partition coefficient (Wildman–Crippen LogP) is 1.69. The molecular formula is C10H14N2O. The summed E-state index contributed by atoms with van der Waals surface area (Å²) in [6.07, 6.45) is 4.34. The van der Waals surface area contributed by atoms with Crippen LogP contribution < -0.4 is 9.64 Å². The van der Waals surface area contributed by atoms with Crippen LogP contribution in [0.4, 0.5) is 5.82 Å². The maximum Gasteiger partial charge on any atom is 0.171 e. The molecule has 0 saturated carbocycles. The van der Waals surface area contributed by atoms with E-state index in [1.165, 1.54) is 12.8 Å². The first kappa shape index (κ1) is 8.35. The summed E-state index contributed by atoms with van der Waals surface area (Å²) in [6.45, 7) is 2.21. The van der Waals surface area contributed by atoms with E-state index in [0.29, 0.717) is 0 Å². The van der Waals surface area contributed by atoms with Gasteiger partial charge in [-0.25, -0.2) is 4.98 Å². The Morgan fingerprint density at radius 1 is 1.38 bits per heavy atom. The van der Waals surface area contributed by atoms with Gasteiger partial charge in [-0.1, -0.05) is 0 Å². The van der Waals surface area contributed by atoms with E-state index < -0.39 is 0 Å². The maximum atomic E-state index is 5.25. The quantitative estimate of drug-likeness (QED) is 0.689. The zero-order chi connectivity index (χ0) is 9.10. The maximum absolute atomic E-state index is 5.25. The van der Waals surface area contributed by atoms with Crippen LogP contribution in [0.3, 0.4) is 0 Å². The van der Waals surface area contributed by atoms with Gasteiger partial charge in [0.25, 0.3) is 0 Å². The minimum Gasteiger partial charge on any atom is -0.493 e. The molecule has 13 heavy (non-hydrogen) atoms. The molecule has 1 saturated heterocycles. The van der Waals surface area contributed by atoms with E-state index >= 15 is 0 Å². The van der Waals surface area contributed by atoms with Crippen LogP contribution in [-0.2, 0) is 0 Å². The topological polar surface area (TPSA) is 25.4 Å². The number of nitrogens with zero attached hydrogens (tertiary/aromatic N) is 2. The lowest BCUT2D eigenvalue weighted by Gasteiger charge is -2.18. The molecular weight excluding hydrogens is 164 g/mol. The summed E-state index contributed by atoms with van der Waals surface area (Å²) < 4.78 is 5.25. The van der Waals surface area contributed by atoms with Gasteiger partial charge in [-0.2, -0.15) is 0 Å². The summed E-state index contributed by atoms with van der Waals surface area (Å²) >= 11 is 0. The molecule has 0 radical (unpaired) electrons. The van der Waals surface area contributed by atoms with Crippen LogP contribution >= 0.6 is 0 Å². The van der Waals surface area contributed by atoms with Crippen molar-refractivity contribution in [3.05, 3.63) is 18.3 Å². The Kier molecular flexibility index (Phi) is 2.34. The molecule has 0 bridgehead atoms. The third kappa shape index (κ3) is 1.59. The smallest absolute Gasteiger partial charge is 0.171 e. The average molecular weight is 178 g/mol. The number of anilines is 1. The van der Waals surface area contributed by atoms with E-state index in [4.69, 9.17) is 4.74 Å². The Bertz CT molecular complexity index is 282. The SMILES string of the molecule is COc1cccnc1N1CCCC1. The molecule has 0 aliphatic carbocycles. The lowest BCUT2D eigenvalue weighted by molar-refractivity contribution is 0.413. The van der Waals surface area contributed by atoms with Crippen LogP contribution in [0.15, 0.2) is 18.3 Å². The fourth-order valence-electron chi connectivity index (χ4n) is 1.71. The Balaban J connectivity index is 2.26. The molecule has 0 spiro atoms. The van der Waals surface area contributed by atoms with Gasteiger partial charge in [0, 0.05) is 19.3 Å². The molecule has 0 aromatic carbocycles. The predicted molar refractivity (Wildman–Crippen MR) is 52.2 cm³/mol. The molecule has 1 fully saturated rings. The standard InChI is InChI=1S/C10H14N2O/c1-13-9-5-4-6-11-10(9)12-7-2-3-8-12/h4-6H,2-3,7-8H2,1H3. The largest absolute Gasteiger partial charge is 0.493 e. The molecule has 1 aliphatic rings. The van der Waals surface area contributed by atoms with Crippen LogP contribution in [0.25, 0.3) is 0 Å². The molecule has 0 amide bonds. The Labute approximate surface area is 78.3 Å². The van der Waals surface area contributed by atoms with Crippen LogP contribution in [0, 0.1) is 0 Å². The third-order valence-electron chi connectivity index (χ3n) is 2.38. The summed E-state index contributed by atoms with van der Waals surface area (Å²) in [5, 5.41) is 0. The molecule has 0 unspecified atom stereocenters. The normalized spacial score (nSPS) is 16.2. The van der Waals surface area contributed by atoms with E-state index in [1.807, 2.05) is 18.3 Å². The second-order valence-electron chi connectivity index (χ2n) is 3.22. The van der Waals surface area contributed by atoms with Gasteiger partial charge in [-0.15, -0.1) is 0 Å². The van der Waals surface area contributed by atoms with Crippen LogP contribution in [0.2, 0.25) is 0 Å². The highest BCUT2D eigenvalue weighted by Gasteiger charge is 2.16.